The number of rotatable bonds is 8. The minimum atomic E-state index is -1.42. The Balaban J connectivity index is 2.23. The molecular weight excluding hydrogens is 506 g/mol. The number of carbonyl (C=O) groups is 1. The van der Waals surface area contributed by atoms with Gasteiger partial charge in [0.05, 0.1) is 15.2 Å². The van der Waals surface area contributed by atoms with Crippen LogP contribution in [0.2, 0.25) is 0 Å². The Morgan fingerprint density at radius 1 is 1.24 bits per heavy atom. The highest BCUT2D eigenvalue weighted by Gasteiger charge is 2.29. The molecule has 0 aromatic heterocycles. The van der Waals surface area contributed by atoms with Crippen LogP contribution in [0.5, 0.6) is 17.2 Å². The van der Waals surface area contributed by atoms with E-state index < -0.39 is 11.6 Å². The van der Waals surface area contributed by atoms with Gasteiger partial charge >= 0.3 is 5.97 Å². The summed E-state index contributed by atoms with van der Waals surface area (Å²) in [5, 5.41) is 22.9. The Kier molecular flexibility index (Phi) is 7.71. The largest absolute Gasteiger partial charge is 0.508 e. The van der Waals surface area contributed by atoms with Crippen molar-refractivity contribution in [3.05, 3.63) is 50.4 Å². The van der Waals surface area contributed by atoms with Crippen LogP contribution in [0.3, 0.4) is 0 Å². The predicted octanol–water partition coefficient (Wildman–Crippen LogP) is 6.44. The predicted molar refractivity (Wildman–Crippen MR) is 119 cm³/mol. The average Bonchev–Trinajstić information content (AvgIpc) is 2.65. The molecule has 0 fully saturated rings. The first-order chi connectivity index (χ1) is 13.5. The maximum atomic E-state index is 11.1. The highest BCUT2D eigenvalue weighted by atomic mass is 79.9. The van der Waals surface area contributed by atoms with E-state index in [0.717, 1.165) is 12.0 Å². The van der Waals surface area contributed by atoms with Gasteiger partial charge in [-0.15, -0.1) is 0 Å². The van der Waals surface area contributed by atoms with Gasteiger partial charge in [-0.3, -0.25) is 0 Å². The molecule has 1 atom stereocenters. The Labute approximate surface area is 186 Å². The fourth-order valence-electron chi connectivity index (χ4n) is 2.34. The minimum absolute atomic E-state index is 0.207. The van der Waals surface area contributed by atoms with Gasteiger partial charge in [0.2, 0.25) is 5.60 Å². The molecule has 8 heteroatoms. The fourth-order valence-corrected chi connectivity index (χ4v) is 3.72. The lowest BCUT2D eigenvalue weighted by molar-refractivity contribution is -0.161. The monoisotopic (exact) mass is 527 g/mol. The zero-order valence-electron chi connectivity index (χ0n) is 16.6. The second-order valence-corrected chi connectivity index (χ2v) is 8.80. The SMILES string of the molecule is CCC(C)c1cc(Oc2c(Br)cc(C=NOC(C)(C)C(=O)O)cc2Br)ccc1O. The molecule has 0 saturated carbocycles. The zero-order chi connectivity index (χ0) is 21.8. The van der Waals surface area contributed by atoms with Crippen LogP contribution in [0.1, 0.15) is 51.2 Å². The van der Waals surface area contributed by atoms with E-state index in [1.165, 1.54) is 20.1 Å². The third-order valence-electron chi connectivity index (χ3n) is 4.38. The number of nitrogens with zero attached hydrogens (tertiary/aromatic N) is 1. The summed E-state index contributed by atoms with van der Waals surface area (Å²) in [6.07, 6.45) is 2.32. The molecule has 1 unspecified atom stereocenters. The minimum Gasteiger partial charge on any atom is -0.508 e. The molecule has 156 valence electrons. The number of phenols is 1. The molecule has 6 nitrogen and oxygen atoms in total. The van der Waals surface area contributed by atoms with Crippen molar-refractivity contribution in [2.24, 2.45) is 5.16 Å². The van der Waals surface area contributed by atoms with Crippen molar-refractivity contribution < 1.29 is 24.6 Å². The topological polar surface area (TPSA) is 88.4 Å². The first-order valence-electron chi connectivity index (χ1n) is 9.00. The van der Waals surface area contributed by atoms with Gasteiger partial charge in [0.25, 0.3) is 0 Å². The first-order valence-corrected chi connectivity index (χ1v) is 10.6. The number of hydrogen-bond donors (Lipinski definition) is 2. The number of ether oxygens (including phenoxy) is 1. The lowest BCUT2D eigenvalue weighted by atomic mass is 9.97. The number of benzene rings is 2. The molecule has 0 aliphatic rings. The molecule has 0 bridgehead atoms. The van der Waals surface area contributed by atoms with Crippen LogP contribution in [-0.2, 0) is 9.63 Å². The van der Waals surface area contributed by atoms with Crippen molar-refractivity contribution in [2.75, 3.05) is 0 Å². The zero-order valence-corrected chi connectivity index (χ0v) is 19.7. The number of halogens is 2. The van der Waals surface area contributed by atoms with Crippen molar-refractivity contribution in [3.8, 4) is 17.2 Å². The number of phenolic OH excluding ortho intramolecular Hbond substituents is 1. The second-order valence-electron chi connectivity index (χ2n) is 7.09. The number of carboxylic acid groups (broad SMARTS) is 1. The Morgan fingerprint density at radius 3 is 2.41 bits per heavy atom. The molecule has 0 heterocycles. The third-order valence-corrected chi connectivity index (χ3v) is 5.56. The normalized spacial score (nSPS) is 12.8. The van der Waals surface area contributed by atoms with Crippen LogP contribution in [0.25, 0.3) is 0 Å². The molecule has 0 saturated heterocycles. The quantitative estimate of drug-likeness (QED) is 0.304. The Hall–Kier alpha value is -2.06. The maximum Gasteiger partial charge on any atom is 0.350 e. The van der Waals surface area contributed by atoms with E-state index in [9.17, 15) is 9.90 Å². The maximum absolute atomic E-state index is 11.1. The third kappa shape index (κ3) is 5.96. The van der Waals surface area contributed by atoms with Gasteiger partial charge in [0, 0.05) is 5.56 Å². The highest BCUT2D eigenvalue weighted by Crippen LogP contribution is 2.39. The van der Waals surface area contributed by atoms with Gasteiger partial charge in [-0.25, -0.2) is 4.79 Å². The van der Waals surface area contributed by atoms with Gasteiger partial charge in [0.15, 0.2) is 5.75 Å². The van der Waals surface area contributed by atoms with Crippen LogP contribution < -0.4 is 4.74 Å². The van der Waals surface area contributed by atoms with Crippen LogP contribution >= 0.6 is 31.9 Å². The van der Waals surface area contributed by atoms with Crippen LogP contribution in [-0.4, -0.2) is 28.0 Å². The second kappa shape index (κ2) is 9.63. The molecular formula is C21H23Br2NO5. The summed E-state index contributed by atoms with van der Waals surface area (Å²) in [4.78, 5) is 16.1. The van der Waals surface area contributed by atoms with Crippen molar-refractivity contribution in [1.29, 1.82) is 0 Å². The fraction of sp³-hybridized carbons (Fsp3) is 0.333. The molecule has 0 spiro atoms. The van der Waals surface area contributed by atoms with Crippen molar-refractivity contribution >= 4 is 44.0 Å². The summed E-state index contributed by atoms with van der Waals surface area (Å²) in [7, 11) is 0. The van der Waals surface area contributed by atoms with Crippen LogP contribution in [0, 0.1) is 0 Å². The van der Waals surface area contributed by atoms with Crippen LogP contribution in [0.15, 0.2) is 44.4 Å². The first kappa shape index (κ1) is 23.2. The van der Waals surface area contributed by atoms with Crippen molar-refractivity contribution in [2.45, 2.75) is 45.6 Å². The van der Waals surface area contributed by atoms with E-state index in [1.54, 1.807) is 24.3 Å². The highest BCUT2D eigenvalue weighted by molar-refractivity contribution is 9.11. The average molecular weight is 529 g/mol. The molecule has 0 aliphatic heterocycles. The summed E-state index contributed by atoms with van der Waals surface area (Å²) in [6.45, 7) is 6.94. The summed E-state index contributed by atoms with van der Waals surface area (Å²) in [5.41, 5.74) is 0.0997. The van der Waals surface area contributed by atoms with Gasteiger partial charge in [-0.1, -0.05) is 19.0 Å². The van der Waals surface area contributed by atoms with E-state index in [0.29, 0.717) is 26.0 Å². The smallest absolute Gasteiger partial charge is 0.350 e. The van der Waals surface area contributed by atoms with E-state index >= 15 is 0 Å². The molecule has 2 aromatic carbocycles. The molecule has 0 amide bonds. The molecule has 2 aromatic rings. The number of aromatic hydroxyl groups is 1. The number of aliphatic carboxylic acids is 1. The Morgan fingerprint density at radius 2 is 1.86 bits per heavy atom. The van der Waals surface area contributed by atoms with Gasteiger partial charge < -0.3 is 19.8 Å². The lowest BCUT2D eigenvalue weighted by Crippen LogP contribution is -2.32. The van der Waals surface area contributed by atoms with Crippen LogP contribution in [0.4, 0.5) is 0 Å². The summed E-state index contributed by atoms with van der Waals surface area (Å²) in [6, 6.07) is 8.71. The molecule has 2 N–H and O–H groups in total. The lowest BCUT2D eigenvalue weighted by Gasteiger charge is -2.16. The molecule has 2 rings (SSSR count). The van der Waals surface area contributed by atoms with Gasteiger partial charge in [-0.2, -0.15) is 0 Å². The number of hydrogen-bond acceptors (Lipinski definition) is 5. The van der Waals surface area contributed by atoms with E-state index in [2.05, 4.69) is 43.9 Å². The summed E-state index contributed by atoms with van der Waals surface area (Å²) < 4.78 is 7.36. The Bertz CT molecular complexity index is 904. The van der Waals surface area contributed by atoms with Gasteiger partial charge in [0.1, 0.15) is 11.5 Å². The van der Waals surface area contributed by atoms with Crippen molar-refractivity contribution in [3.63, 3.8) is 0 Å². The summed E-state index contributed by atoms with van der Waals surface area (Å²) in [5.74, 6) is 0.522. The van der Waals surface area contributed by atoms with Crippen molar-refractivity contribution in [1.82, 2.24) is 0 Å². The van der Waals surface area contributed by atoms with Gasteiger partial charge in [-0.05, 0) is 93.9 Å². The summed E-state index contributed by atoms with van der Waals surface area (Å²) >= 11 is 6.97. The van der Waals surface area contributed by atoms with E-state index in [1.807, 2.05) is 13.0 Å². The van der Waals surface area contributed by atoms with E-state index in [-0.39, 0.29) is 11.7 Å². The molecule has 0 aliphatic carbocycles. The standard InChI is InChI=1S/C21H23Br2NO5/c1-5-12(2)15-10-14(6-7-18(15)25)28-19-16(22)8-13(9-17(19)23)11-24-29-21(3,4)20(26)27/h6-12,25H,5H2,1-4H3,(H,26,27). The number of oxime groups is 1. The molecule has 0 radical (unpaired) electrons. The van der Waals surface area contributed by atoms with E-state index in [4.69, 9.17) is 14.7 Å². The number of carboxylic acids is 1. The molecule has 29 heavy (non-hydrogen) atoms.